The molecule has 0 unspecified atom stereocenters. The Bertz CT molecular complexity index is 1080. The molecule has 8 heteroatoms. The maximum Gasteiger partial charge on any atom is 0.199 e. The maximum atomic E-state index is 12.3. The van der Waals surface area contributed by atoms with Crippen molar-refractivity contribution in [3.63, 3.8) is 0 Å². The van der Waals surface area contributed by atoms with E-state index in [1.165, 1.54) is 11.3 Å². The second-order valence-corrected chi connectivity index (χ2v) is 6.86. The number of fused-ring (bicyclic) bond motifs is 1. The SMILES string of the molecule is Cc1nnc(C(=O)Cc2cc3nc(-c4cncn4C)ccc3cn2)s1. The average Bonchev–Trinajstić information content (AvgIpc) is 3.22. The van der Waals surface area contributed by atoms with Crippen LogP contribution in [-0.2, 0) is 13.5 Å². The van der Waals surface area contributed by atoms with E-state index in [9.17, 15) is 4.79 Å². The van der Waals surface area contributed by atoms with E-state index < -0.39 is 0 Å². The summed E-state index contributed by atoms with van der Waals surface area (Å²) in [6.07, 6.45) is 5.44. The van der Waals surface area contributed by atoms with Crippen molar-refractivity contribution in [1.82, 2.24) is 29.7 Å². The van der Waals surface area contributed by atoms with Crippen LogP contribution in [-0.4, -0.2) is 35.5 Å². The monoisotopic (exact) mass is 350 g/mol. The predicted octanol–water partition coefficient (Wildman–Crippen LogP) is 2.62. The molecule has 4 rings (SSSR count). The molecule has 0 spiro atoms. The molecule has 124 valence electrons. The third kappa shape index (κ3) is 3.03. The molecule has 0 N–H and O–H groups in total. The molecule has 0 atom stereocenters. The van der Waals surface area contributed by atoms with Gasteiger partial charge in [0.25, 0.3) is 0 Å². The Hall–Kier alpha value is -3.00. The van der Waals surface area contributed by atoms with E-state index in [1.54, 1.807) is 18.7 Å². The van der Waals surface area contributed by atoms with E-state index in [0.717, 1.165) is 27.3 Å². The summed E-state index contributed by atoms with van der Waals surface area (Å²) in [6, 6.07) is 5.76. The normalized spacial score (nSPS) is 11.1. The van der Waals surface area contributed by atoms with Crippen LogP contribution in [0.1, 0.15) is 20.5 Å². The van der Waals surface area contributed by atoms with Gasteiger partial charge < -0.3 is 4.57 Å². The fourth-order valence-corrected chi connectivity index (χ4v) is 3.18. The molecule has 0 fully saturated rings. The van der Waals surface area contributed by atoms with Gasteiger partial charge in [-0.3, -0.25) is 9.78 Å². The molecule has 0 bridgehead atoms. The van der Waals surface area contributed by atoms with Gasteiger partial charge in [-0.15, -0.1) is 10.2 Å². The Balaban J connectivity index is 1.67. The van der Waals surface area contributed by atoms with Crippen molar-refractivity contribution in [3.05, 3.63) is 52.6 Å². The van der Waals surface area contributed by atoms with Crippen LogP contribution >= 0.6 is 11.3 Å². The Labute approximate surface area is 147 Å². The predicted molar refractivity (Wildman–Crippen MR) is 94.4 cm³/mol. The minimum atomic E-state index is -0.0831. The smallest absolute Gasteiger partial charge is 0.199 e. The van der Waals surface area contributed by atoms with Crippen molar-refractivity contribution >= 4 is 28.0 Å². The highest BCUT2D eigenvalue weighted by molar-refractivity contribution is 7.13. The molecule has 0 aromatic carbocycles. The van der Waals surface area contributed by atoms with Crippen LogP contribution in [0.25, 0.3) is 22.3 Å². The molecule has 25 heavy (non-hydrogen) atoms. The number of rotatable bonds is 4. The van der Waals surface area contributed by atoms with Crippen LogP contribution in [0.5, 0.6) is 0 Å². The lowest BCUT2D eigenvalue weighted by Crippen LogP contribution is -2.05. The molecule has 0 radical (unpaired) electrons. The van der Waals surface area contributed by atoms with Crippen LogP contribution in [0, 0.1) is 6.92 Å². The van der Waals surface area contributed by atoms with Gasteiger partial charge in [0.05, 0.1) is 41.5 Å². The second-order valence-electron chi connectivity index (χ2n) is 5.68. The number of pyridine rings is 2. The summed E-state index contributed by atoms with van der Waals surface area (Å²) >= 11 is 1.30. The Morgan fingerprint density at radius 1 is 1.24 bits per heavy atom. The first-order chi connectivity index (χ1) is 12.1. The number of hydrogen-bond acceptors (Lipinski definition) is 7. The first-order valence-corrected chi connectivity index (χ1v) is 8.47. The van der Waals surface area contributed by atoms with E-state index in [2.05, 4.69) is 25.1 Å². The van der Waals surface area contributed by atoms with Gasteiger partial charge in [0.1, 0.15) is 5.01 Å². The lowest BCUT2D eigenvalue weighted by Gasteiger charge is -2.05. The van der Waals surface area contributed by atoms with Crippen molar-refractivity contribution < 1.29 is 4.79 Å². The van der Waals surface area contributed by atoms with E-state index >= 15 is 0 Å². The molecule has 0 saturated carbocycles. The zero-order chi connectivity index (χ0) is 17.4. The van der Waals surface area contributed by atoms with Crippen LogP contribution in [0.15, 0.2) is 36.9 Å². The van der Waals surface area contributed by atoms with Crippen molar-refractivity contribution in [2.75, 3.05) is 0 Å². The summed E-state index contributed by atoms with van der Waals surface area (Å²) in [7, 11) is 1.93. The minimum absolute atomic E-state index is 0.0831. The molecule has 0 amide bonds. The van der Waals surface area contributed by atoms with Crippen LogP contribution in [0.2, 0.25) is 0 Å². The minimum Gasteiger partial charge on any atom is -0.332 e. The molecule has 0 aliphatic heterocycles. The number of carbonyl (C=O) groups is 1. The first-order valence-electron chi connectivity index (χ1n) is 7.66. The number of carbonyl (C=O) groups excluding carboxylic acids is 1. The highest BCUT2D eigenvalue weighted by Gasteiger charge is 2.14. The molecule has 4 aromatic rings. The summed E-state index contributed by atoms with van der Waals surface area (Å²) in [5.74, 6) is -0.0831. The zero-order valence-corrected chi connectivity index (χ0v) is 14.5. The molecular weight excluding hydrogens is 336 g/mol. The van der Waals surface area contributed by atoms with Gasteiger partial charge in [0.15, 0.2) is 10.8 Å². The summed E-state index contributed by atoms with van der Waals surface area (Å²) in [6.45, 7) is 1.83. The number of aromatic nitrogens is 6. The zero-order valence-electron chi connectivity index (χ0n) is 13.7. The van der Waals surface area contributed by atoms with Gasteiger partial charge in [-0.2, -0.15) is 0 Å². The van der Waals surface area contributed by atoms with Gasteiger partial charge in [-0.25, -0.2) is 9.97 Å². The number of ketones is 1. The second kappa shape index (κ2) is 6.14. The Kier molecular flexibility index (Phi) is 3.81. The van der Waals surface area contributed by atoms with Gasteiger partial charge in [-0.05, 0) is 25.1 Å². The van der Waals surface area contributed by atoms with E-state index in [4.69, 9.17) is 0 Å². The van der Waals surface area contributed by atoms with Crippen molar-refractivity contribution in [2.24, 2.45) is 7.05 Å². The van der Waals surface area contributed by atoms with Crippen molar-refractivity contribution in [1.29, 1.82) is 0 Å². The Morgan fingerprint density at radius 3 is 2.84 bits per heavy atom. The number of Topliss-reactive ketones (excluding diaryl/α,β-unsaturated/α-hetero) is 1. The number of nitrogens with zero attached hydrogens (tertiary/aromatic N) is 6. The number of imidazole rings is 1. The average molecular weight is 350 g/mol. The van der Waals surface area contributed by atoms with Crippen LogP contribution in [0.4, 0.5) is 0 Å². The molecular formula is C17H14N6OS. The molecule has 4 heterocycles. The fourth-order valence-electron chi connectivity index (χ4n) is 2.55. The fraction of sp³-hybridized carbons (Fsp3) is 0.176. The molecule has 0 saturated heterocycles. The highest BCUT2D eigenvalue weighted by atomic mass is 32.1. The molecule has 4 aromatic heterocycles. The van der Waals surface area contributed by atoms with Crippen molar-refractivity contribution in [2.45, 2.75) is 13.3 Å². The van der Waals surface area contributed by atoms with E-state index in [0.29, 0.717) is 10.7 Å². The highest BCUT2D eigenvalue weighted by Crippen LogP contribution is 2.21. The van der Waals surface area contributed by atoms with Crippen molar-refractivity contribution in [3.8, 4) is 11.4 Å². The first kappa shape index (κ1) is 15.5. The quantitative estimate of drug-likeness (QED) is 0.526. The standard InChI is InChI=1S/C17H14N6OS/c1-10-21-22-17(25-10)16(24)6-12-5-14-11(7-19-12)3-4-13(20-14)15-8-18-9-23(15)2/h3-5,7-9H,6H2,1-2H3. The van der Waals surface area contributed by atoms with Crippen LogP contribution in [0.3, 0.4) is 0 Å². The third-order valence-electron chi connectivity index (χ3n) is 3.82. The molecule has 7 nitrogen and oxygen atoms in total. The summed E-state index contributed by atoms with van der Waals surface area (Å²) < 4.78 is 1.91. The lowest BCUT2D eigenvalue weighted by molar-refractivity contribution is 0.0991. The topological polar surface area (TPSA) is 86.5 Å². The van der Waals surface area contributed by atoms with E-state index in [-0.39, 0.29) is 12.2 Å². The van der Waals surface area contributed by atoms with Gasteiger partial charge >= 0.3 is 0 Å². The summed E-state index contributed by atoms with van der Waals surface area (Å²) in [5.41, 5.74) is 3.22. The summed E-state index contributed by atoms with van der Waals surface area (Å²) in [5, 5.41) is 9.90. The van der Waals surface area contributed by atoms with Gasteiger partial charge in [-0.1, -0.05) is 11.3 Å². The van der Waals surface area contributed by atoms with E-state index in [1.807, 2.05) is 36.7 Å². The van der Waals surface area contributed by atoms with Gasteiger partial charge in [0.2, 0.25) is 0 Å². The Morgan fingerprint density at radius 2 is 2.12 bits per heavy atom. The molecule has 0 aliphatic rings. The molecule has 0 aliphatic carbocycles. The largest absolute Gasteiger partial charge is 0.332 e. The number of hydrogen-bond donors (Lipinski definition) is 0. The summed E-state index contributed by atoms with van der Waals surface area (Å²) in [4.78, 5) is 25.5. The van der Waals surface area contributed by atoms with Gasteiger partial charge in [0, 0.05) is 18.6 Å². The lowest BCUT2D eigenvalue weighted by atomic mass is 10.1. The number of aryl methyl sites for hydroxylation is 2. The maximum absolute atomic E-state index is 12.3. The third-order valence-corrected chi connectivity index (χ3v) is 4.70. The van der Waals surface area contributed by atoms with Crippen LogP contribution < -0.4 is 0 Å².